The summed E-state index contributed by atoms with van der Waals surface area (Å²) in [6.45, 7) is 9.28. The minimum atomic E-state index is -0.503. The molecule has 3 N–H and O–H groups in total. The Morgan fingerprint density at radius 3 is 2.29 bits per heavy atom. The van der Waals surface area contributed by atoms with E-state index in [4.69, 9.17) is 5.73 Å². The van der Waals surface area contributed by atoms with Gasteiger partial charge in [-0.15, -0.1) is 0 Å². The van der Waals surface area contributed by atoms with Crippen LogP contribution in [0.5, 0.6) is 0 Å². The Bertz CT molecular complexity index is 390. The maximum Gasteiger partial charge on any atom is 0.224 e. The third-order valence-electron chi connectivity index (χ3n) is 3.18. The smallest absolute Gasteiger partial charge is 0.224 e. The van der Waals surface area contributed by atoms with Gasteiger partial charge in [-0.25, -0.2) is 0 Å². The lowest BCUT2D eigenvalue weighted by Gasteiger charge is -2.21. The van der Waals surface area contributed by atoms with E-state index in [1.807, 2.05) is 13.8 Å². The van der Waals surface area contributed by atoms with Gasteiger partial charge in [-0.1, -0.05) is 18.2 Å². The molecule has 17 heavy (non-hydrogen) atoms. The number of primary amides is 1. The van der Waals surface area contributed by atoms with E-state index in [1.165, 1.54) is 16.7 Å². The minimum Gasteiger partial charge on any atom is -0.369 e. The Labute approximate surface area is 103 Å². The van der Waals surface area contributed by atoms with E-state index in [1.54, 1.807) is 0 Å². The topological polar surface area (TPSA) is 55.1 Å². The lowest BCUT2D eigenvalue weighted by Crippen LogP contribution is -2.40. The van der Waals surface area contributed by atoms with Crippen molar-refractivity contribution in [2.75, 3.05) is 6.54 Å². The van der Waals surface area contributed by atoms with Crippen LogP contribution in [0.25, 0.3) is 0 Å². The van der Waals surface area contributed by atoms with Gasteiger partial charge in [0.1, 0.15) is 0 Å². The molecular weight excluding hydrogens is 212 g/mol. The Morgan fingerprint density at radius 1 is 1.29 bits per heavy atom. The molecule has 0 aliphatic rings. The number of rotatable bonds is 5. The van der Waals surface area contributed by atoms with Gasteiger partial charge in [-0.05, 0) is 44.4 Å². The Hall–Kier alpha value is -1.35. The number of nitrogens with two attached hydrogens (primary N) is 1. The summed E-state index contributed by atoms with van der Waals surface area (Å²) in [5.41, 5.74) is 8.67. The second kappa shape index (κ2) is 5.32. The third-order valence-corrected chi connectivity index (χ3v) is 3.18. The summed E-state index contributed by atoms with van der Waals surface area (Å²) in [5, 5.41) is 3.30. The van der Waals surface area contributed by atoms with Crippen LogP contribution in [-0.4, -0.2) is 12.5 Å². The summed E-state index contributed by atoms with van der Waals surface area (Å²) < 4.78 is 0. The standard InChI is InChI=1S/C14H22N2O/c1-10-6-5-7-11(2)12(10)8-16-9-14(3,4)13(15)17/h5-7,16H,8-9H2,1-4H3,(H2,15,17). The second-order valence-corrected chi connectivity index (χ2v) is 5.22. The van der Waals surface area contributed by atoms with Crippen LogP contribution in [0.4, 0.5) is 0 Å². The van der Waals surface area contributed by atoms with E-state index in [2.05, 4.69) is 37.4 Å². The molecule has 0 heterocycles. The molecule has 94 valence electrons. The lowest BCUT2D eigenvalue weighted by molar-refractivity contribution is -0.125. The fraction of sp³-hybridized carbons (Fsp3) is 0.500. The number of carbonyl (C=O) groups excluding carboxylic acids is 1. The molecule has 1 rings (SSSR count). The molecule has 0 unspecified atom stereocenters. The van der Waals surface area contributed by atoms with Crippen molar-refractivity contribution in [1.82, 2.24) is 5.32 Å². The Balaban J connectivity index is 2.60. The second-order valence-electron chi connectivity index (χ2n) is 5.22. The molecule has 0 aliphatic carbocycles. The first-order chi connectivity index (χ1) is 7.84. The van der Waals surface area contributed by atoms with Crippen molar-refractivity contribution in [3.63, 3.8) is 0 Å². The average molecular weight is 234 g/mol. The number of benzene rings is 1. The molecule has 0 aromatic heterocycles. The van der Waals surface area contributed by atoms with Crippen LogP contribution in [-0.2, 0) is 11.3 Å². The summed E-state index contributed by atoms with van der Waals surface area (Å²) in [4.78, 5) is 11.2. The first-order valence-corrected chi connectivity index (χ1v) is 5.90. The van der Waals surface area contributed by atoms with E-state index in [9.17, 15) is 4.79 Å². The first kappa shape index (κ1) is 13.7. The maximum atomic E-state index is 11.2. The van der Waals surface area contributed by atoms with Crippen LogP contribution in [0.3, 0.4) is 0 Å². The molecule has 0 fully saturated rings. The van der Waals surface area contributed by atoms with Gasteiger partial charge < -0.3 is 11.1 Å². The van der Waals surface area contributed by atoms with Crippen LogP contribution in [0.15, 0.2) is 18.2 Å². The fourth-order valence-electron chi connectivity index (χ4n) is 1.71. The number of carbonyl (C=O) groups is 1. The van der Waals surface area contributed by atoms with E-state index >= 15 is 0 Å². The largest absolute Gasteiger partial charge is 0.369 e. The Morgan fingerprint density at radius 2 is 1.82 bits per heavy atom. The lowest BCUT2D eigenvalue weighted by atomic mass is 9.92. The van der Waals surface area contributed by atoms with Gasteiger partial charge >= 0.3 is 0 Å². The van der Waals surface area contributed by atoms with E-state index in [0.29, 0.717) is 6.54 Å². The van der Waals surface area contributed by atoms with Crippen molar-refractivity contribution in [2.45, 2.75) is 34.2 Å². The Kier molecular flexibility index (Phi) is 4.29. The van der Waals surface area contributed by atoms with Gasteiger partial charge in [-0.2, -0.15) is 0 Å². The summed E-state index contributed by atoms with van der Waals surface area (Å²) >= 11 is 0. The SMILES string of the molecule is Cc1cccc(C)c1CNCC(C)(C)C(N)=O. The predicted molar refractivity (Wildman–Crippen MR) is 70.6 cm³/mol. The predicted octanol–water partition coefficient (Wildman–Crippen LogP) is 1.90. The molecule has 0 saturated heterocycles. The van der Waals surface area contributed by atoms with Crippen molar-refractivity contribution >= 4 is 5.91 Å². The molecule has 0 saturated carbocycles. The van der Waals surface area contributed by atoms with Crippen molar-refractivity contribution in [3.05, 3.63) is 34.9 Å². The molecule has 0 radical (unpaired) electrons. The summed E-state index contributed by atoms with van der Waals surface area (Å²) in [5.74, 6) is -0.272. The molecule has 1 amide bonds. The molecule has 3 nitrogen and oxygen atoms in total. The van der Waals surface area contributed by atoms with Gasteiger partial charge in [0.05, 0.1) is 5.41 Å². The van der Waals surface area contributed by atoms with Crippen molar-refractivity contribution < 1.29 is 4.79 Å². The number of amides is 1. The van der Waals surface area contributed by atoms with Crippen molar-refractivity contribution in [3.8, 4) is 0 Å². The van der Waals surface area contributed by atoms with Gasteiger partial charge in [0.15, 0.2) is 0 Å². The van der Waals surface area contributed by atoms with E-state index in [-0.39, 0.29) is 5.91 Å². The number of hydrogen-bond donors (Lipinski definition) is 2. The van der Waals surface area contributed by atoms with Gasteiger partial charge in [0.25, 0.3) is 0 Å². The highest BCUT2D eigenvalue weighted by atomic mass is 16.1. The highest BCUT2D eigenvalue weighted by molar-refractivity contribution is 5.80. The van der Waals surface area contributed by atoms with Gasteiger partial charge in [0, 0.05) is 13.1 Å². The van der Waals surface area contributed by atoms with Gasteiger partial charge in [0.2, 0.25) is 5.91 Å². The zero-order valence-corrected chi connectivity index (χ0v) is 11.1. The number of aryl methyl sites for hydroxylation is 2. The molecule has 0 bridgehead atoms. The van der Waals surface area contributed by atoms with Crippen LogP contribution in [0, 0.1) is 19.3 Å². The molecule has 1 aromatic rings. The highest BCUT2D eigenvalue weighted by Crippen LogP contribution is 2.15. The van der Waals surface area contributed by atoms with Gasteiger partial charge in [-0.3, -0.25) is 4.79 Å². The molecular formula is C14H22N2O. The average Bonchev–Trinajstić information content (AvgIpc) is 2.22. The zero-order chi connectivity index (χ0) is 13.1. The van der Waals surface area contributed by atoms with E-state index in [0.717, 1.165) is 6.54 Å². The summed E-state index contributed by atoms with van der Waals surface area (Å²) in [6, 6.07) is 6.26. The molecule has 1 aromatic carbocycles. The number of nitrogens with one attached hydrogen (secondary N) is 1. The molecule has 3 heteroatoms. The van der Waals surface area contributed by atoms with Crippen LogP contribution in [0.1, 0.15) is 30.5 Å². The maximum absolute atomic E-state index is 11.2. The zero-order valence-electron chi connectivity index (χ0n) is 11.1. The minimum absolute atomic E-state index is 0.272. The fourth-order valence-corrected chi connectivity index (χ4v) is 1.71. The molecule has 0 aliphatic heterocycles. The van der Waals surface area contributed by atoms with Crippen molar-refractivity contribution in [1.29, 1.82) is 0 Å². The monoisotopic (exact) mass is 234 g/mol. The highest BCUT2D eigenvalue weighted by Gasteiger charge is 2.24. The first-order valence-electron chi connectivity index (χ1n) is 5.90. The van der Waals surface area contributed by atoms with Crippen LogP contribution >= 0.6 is 0 Å². The normalized spacial score (nSPS) is 11.5. The van der Waals surface area contributed by atoms with Crippen LogP contribution < -0.4 is 11.1 Å². The summed E-state index contributed by atoms with van der Waals surface area (Å²) in [6.07, 6.45) is 0. The third kappa shape index (κ3) is 3.56. The van der Waals surface area contributed by atoms with E-state index < -0.39 is 5.41 Å². The number of hydrogen-bond acceptors (Lipinski definition) is 2. The summed E-state index contributed by atoms with van der Waals surface area (Å²) in [7, 11) is 0. The quantitative estimate of drug-likeness (QED) is 0.817. The van der Waals surface area contributed by atoms with Crippen LogP contribution in [0.2, 0.25) is 0 Å². The molecule has 0 atom stereocenters. The molecule has 0 spiro atoms. The van der Waals surface area contributed by atoms with Crippen molar-refractivity contribution in [2.24, 2.45) is 11.1 Å².